The van der Waals surface area contributed by atoms with Gasteiger partial charge in [-0.05, 0) is 85.3 Å². The van der Waals surface area contributed by atoms with Crippen molar-refractivity contribution in [1.29, 1.82) is 0 Å². The molecule has 2 aromatic rings. The molecule has 214 valence electrons. The number of hydrogen-bond acceptors (Lipinski definition) is 7. The summed E-state index contributed by atoms with van der Waals surface area (Å²) in [6, 6.07) is 9.94. The van der Waals surface area contributed by atoms with Crippen LogP contribution >= 0.6 is 37.2 Å². The van der Waals surface area contributed by atoms with Gasteiger partial charge in [0.25, 0.3) is 0 Å². The molecule has 7 nitrogen and oxygen atoms in total. The summed E-state index contributed by atoms with van der Waals surface area (Å²) in [6.07, 6.45) is 4.24. The number of nitrogens with one attached hydrogen (secondary N) is 1. The van der Waals surface area contributed by atoms with Gasteiger partial charge >= 0.3 is 0 Å². The van der Waals surface area contributed by atoms with Gasteiger partial charge in [0, 0.05) is 24.7 Å². The lowest BCUT2D eigenvalue weighted by molar-refractivity contribution is -0.0112. The van der Waals surface area contributed by atoms with Crippen molar-refractivity contribution in [2.24, 2.45) is 0 Å². The highest BCUT2D eigenvalue weighted by Crippen LogP contribution is 2.44. The number of halogens is 3. The highest BCUT2D eigenvalue weighted by molar-refractivity contribution is 5.86. The maximum absolute atomic E-state index is 5.67. The molecule has 1 saturated heterocycles. The number of rotatable bonds is 7. The molecule has 5 rings (SSSR count). The van der Waals surface area contributed by atoms with Crippen molar-refractivity contribution in [3.63, 3.8) is 0 Å². The van der Waals surface area contributed by atoms with Crippen LogP contribution in [0.15, 0.2) is 24.3 Å². The van der Waals surface area contributed by atoms with Gasteiger partial charge in [0.1, 0.15) is 0 Å². The lowest BCUT2D eigenvalue weighted by Crippen LogP contribution is -2.54. The molecule has 3 aliphatic rings. The quantitative estimate of drug-likeness (QED) is 0.475. The van der Waals surface area contributed by atoms with Crippen molar-refractivity contribution >= 4 is 37.2 Å². The maximum Gasteiger partial charge on any atom is 0.161 e. The summed E-state index contributed by atoms with van der Waals surface area (Å²) in [4.78, 5) is 5.29. The molecule has 3 atom stereocenters. The summed E-state index contributed by atoms with van der Waals surface area (Å²) in [6.45, 7) is 6.41. The Hall–Kier alpha value is -1.61. The van der Waals surface area contributed by atoms with Crippen LogP contribution in [0.2, 0.25) is 0 Å². The van der Waals surface area contributed by atoms with Crippen LogP contribution in [0, 0.1) is 0 Å². The molecule has 3 heterocycles. The van der Waals surface area contributed by atoms with Crippen LogP contribution in [0.1, 0.15) is 54.1 Å². The smallest absolute Gasteiger partial charge is 0.161 e. The van der Waals surface area contributed by atoms with Crippen molar-refractivity contribution in [1.82, 2.24) is 15.1 Å². The van der Waals surface area contributed by atoms with E-state index in [0.29, 0.717) is 18.1 Å². The molecule has 1 N–H and O–H groups in total. The van der Waals surface area contributed by atoms with Crippen molar-refractivity contribution < 1.29 is 18.9 Å². The molecule has 0 saturated carbocycles. The van der Waals surface area contributed by atoms with E-state index in [2.05, 4.69) is 46.3 Å². The van der Waals surface area contributed by atoms with E-state index in [9.17, 15) is 0 Å². The Morgan fingerprint density at radius 2 is 1.34 bits per heavy atom. The minimum atomic E-state index is 0. The molecular formula is C28H42Cl3N3O4. The predicted octanol–water partition coefficient (Wildman–Crippen LogP) is 5.21. The fourth-order valence-corrected chi connectivity index (χ4v) is 6.34. The third-order valence-corrected chi connectivity index (χ3v) is 8.21. The van der Waals surface area contributed by atoms with Crippen LogP contribution in [-0.2, 0) is 12.8 Å². The Kier molecular flexibility index (Phi) is 12.1. The molecule has 3 unspecified atom stereocenters. The van der Waals surface area contributed by atoms with E-state index in [1.807, 2.05) is 0 Å². The fraction of sp³-hybridized carbons (Fsp3) is 0.571. The number of nitrogens with zero attached hydrogens (tertiary/aromatic N) is 2. The lowest BCUT2D eigenvalue weighted by Gasteiger charge is -2.50. The van der Waals surface area contributed by atoms with Crippen molar-refractivity contribution in [3.05, 3.63) is 46.5 Å². The van der Waals surface area contributed by atoms with Crippen molar-refractivity contribution in [3.8, 4) is 23.0 Å². The van der Waals surface area contributed by atoms with E-state index in [1.54, 1.807) is 28.4 Å². The second kappa shape index (κ2) is 14.1. The van der Waals surface area contributed by atoms with E-state index >= 15 is 0 Å². The zero-order valence-corrected chi connectivity index (χ0v) is 25.4. The molecule has 0 bridgehead atoms. The topological polar surface area (TPSA) is 55.4 Å². The Morgan fingerprint density at radius 3 is 1.92 bits per heavy atom. The molecular weight excluding hydrogens is 549 g/mol. The molecule has 0 aliphatic carbocycles. The third kappa shape index (κ3) is 6.08. The first-order chi connectivity index (χ1) is 17.1. The number of methoxy groups -OCH3 is 4. The largest absolute Gasteiger partial charge is 0.493 e. The summed E-state index contributed by atoms with van der Waals surface area (Å²) in [5.74, 6) is 3.28. The zero-order valence-electron chi connectivity index (χ0n) is 23.0. The van der Waals surface area contributed by atoms with E-state index in [0.717, 1.165) is 75.0 Å². The van der Waals surface area contributed by atoms with Crippen LogP contribution in [0.4, 0.5) is 0 Å². The van der Waals surface area contributed by atoms with Gasteiger partial charge in [0.05, 0.1) is 35.1 Å². The summed E-state index contributed by atoms with van der Waals surface area (Å²) in [5, 5.41) is 3.81. The number of ether oxygens (including phenoxy) is 4. The Morgan fingerprint density at radius 1 is 0.789 bits per heavy atom. The first-order valence-electron chi connectivity index (χ1n) is 12.8. The second-order valence-electron chi connectivity index (χ2n) is 9.82. The number of fused-ring (bicyclic) bond motifs is 4. The Balaban J connectivity index is 0.00000169. The van der Waals surface area contributed by atoms with Crippen LogP contribution in [0.5, 0.6) is 23.0 Å². The van der Waals surface area contributed by atoms with Gasteiger partial charge in [-0.2, -0.15) is 0 Å². The van der Waals surface area contributed by atoms with Gasteiger partial charge in [0.2, 0.25) is 0 Å². The molecule has 10 heteroatoms. The highest BCUT2D eigenvalue weighted by Gasteiger charge is 2.39. The van der Waals surface area contributed by atoms with Crippen molar-refractivity contribution in [2.45, 2.75) is 50.7 Å². The average Bonchev–Trinajstić information content (AvgIpc) is 2.91. The first kappa shape index (κ1) is 32.6. The van der Waals surface area contributed by atoms with Gasteiger partial charge < -0.3 is 24.3 Å². The van der Waals surface area contributed by atoms with Crippen LogP contribution in [-0.4, -0.2) is 70.6 Å². The Bertz CT molecular complexity index is 1070. The minimum Gasteiger partial charge on any atom is -0.493 e. The van der Waals surface area contributed by atoms with E-state index in [1.165, 1.54) is 22.3 Å². The summed E-state index contributed by atoms with van der Waals surface area (Å²) >= 11 is 0. The zero-order chi connectivity index (χ0) is 24.5. The minimum absolute atomic E-state index is 0. The van der Waals surface area contributed by atoms with Crippen molar-refractivity contribution in [2.75, 3.05) is 54.7 Å². The highest BCUT2D eigenvalue weighted by atomic mass is 35.5. The normalized spacial score (nSPS) is 22.3. The van der Waals surface area contributed by atoms with Gasteiger partial charge in [-0.1, -0.05) is 6.92 Å². The van der Waals surface area contributed by atoms with Gasteiger partial charge in [-0.15, -0.1) is 37.2 Å². The maximum atomic E-state index is 5.67. The molecule has 0 spiro atoms. The van der Waals surface area contributed by atoms with Crippen LogP contribution in [0.25, 0.3) is 0 Å². The molecule has 1 fully saturated rings. The third-order valence-electron chi connectivity index (χ3n) is 8.21. The molecule has 0 aromatic heterocycles. The predicted molar refractivity (Wildman–Crippen MR) is 159 cm³/mol. The fourth-order valence-electron chi connectivity index (χ4n) is 6.34. The van der Waals surface area contributed by atoms with Crippen LogP contribution < -0.4 is 24.3 Å². The molecule has 3 aliphatic heterocycles. The number of benzene rings is 2. The molecule has 38 heavy (non-hydrogen) atoms. The molecule has 0 amide bonds. The van der Waals surface area contributed by atoms with Gasteiger partial charge in [0.15, 0.2) is 23.0 Å². The summed E-state index contributed by atoms with van der Waals surface area (Å²) < 4.78 is 22.5. The SMILES string of the molecule is CCN1CN2CCc3cc(OC)c(OC)cc3C2CC1CC1NCCc2cc(OC)c(OC)cc21.Cl.Cl.Cl. The monoisotopic (exact) mass is 589 g/mol. The van der Waals surface area contributed by atoms with E-state index < -0.39 is 0 Å². The molecule has 2 aromatic carbocycles. The van der Waals surface area contributed by atoms with E-state index in [-0.39, 0.29) is 37.2 Å². The standard InChI is InChI=1S/C28H39N3O4.3ClH/c1-6-30-17-31-10-8-19-12-26(33-3)28(35-5)16-22(19)24(31)14-20(30)13-23-21-15-27(34-4)25(32-2)11-18(21)7-9-29-23;;;/h11-12,15-16,20,23-24,29H,6-10,13-14,17H2,1-5H3;3*1H. The second-order valence-corrected chi connectivity index (χ2v) is 9.82. The van der Waals surface area contributed by atoms with Crippen LogP contribution in [0.3, 0.4) is 0 Å². The number of hydrogen-bond donors (Lipinski definition) is 1. The first-order valence-corrected chi connectivity index (χ1v) is 12.8. The average molecular weight is 591 g/mol. The lowest BCUT2D eigenvalue weighted by atomic mass is 9.83. The van der Waals surface area contributed by atoms with Gasteiger partial charge in [-0.3, -0.25) is 9.80 Å². The summed E-state index contributed by atoms with van der Waals surface area (Å²) in [7, 11) is 6.87. The Labute approximate surface area is 245 Å². The summed E-state index contributed by atoms with van der Waals surface area (Å²) in [5.41, 5.74) is 5.51. The van der Waals surface area contributed by atoms with Gasteiger partial charge in [-0.25, -0.2) is 0 Å². The molecule has 0 radical (unpaired) electrons. The van der Waals surface area contributed by atoms with E-state index in [4.69, 9.17) is 18.9 Å².